The van der Waals surface area contributed by atoms with E-state index in [4.69, 9.17) is 5.73 Å². The summed E-state index contributed by atoms with van der Waals surface area (Å²) in [5.41, 5.74) is 7.59. The summed E-state index contributed by atoms with van der Waals surface area (Å²) < 4.78 is 14.9. The lowest BCUT2D eigenvalue weighted by atomic mass is 10.2. The molecule has 1 atom stereocenters. The maximum Gasteiger partial charge on any atom is 0.128 e. The van der Waals surface area contributed by atoms with Crippen molar-refractivity contribution in [3.63, 3.8) is 0 Å². The molecule has 16 heavy (non-hydrogen) atoms. The minimum Gasteiger partial charge on any atom is -0.323 e. The molecule has 0 aliphatic rings. The molecule has 1 aromatic heterocycles. The summed E-state index contributed by atoms with van der Waals surface area (Å²) in [5.74, 6) is -0.254. The molecule has 5 heteroatoms. The first-order valence-corrected chi connectivity index (χ1v) is 5.03. The average Bonchev–Trinajstić information content (AvgIpc) is 2.71. The van der Waals surface area contributed by atoms with Crippen LogP contribution in [0.2, 0.25) is 0 Å². The predicted molar refractivity (Wildman–Crippen MR) is 58.7 cm³/mol. The van der Waals surface area contributed by atoms with E-state index in [0.29, 0.717) is 16.9 Å². The van der Waals surface area contributed by atoms with Crippen LogP contribution in [-0.4, -0.2) is 15.0 Å². The summed E-state index contributed by atoms with van der Waals surface area (Å²) in [4.78, 5) is 0. The van der Waals surface area contributed by atoms with Crippen LogP contribution >= 0.6 is 0 Å². The summed E-state index contributed by atoms with van der Waals surface area (Å²) in [6.45, 7) is 3.53. The highest BCUT2D eigenvalue weighted by Crippen LogP contribution is 2.16. The molecule has 0 fully saturated rings. The smallest absolute Gasteiger partial charge is 0.128 e. The van der Waals surface area contributed by atoms with Crippen LogP contribution in [0.3, 0.4) is 0 Å². The number of nitrogens with two attached hydrogens (primary N) is 1. The Morgan fingerprint density at radius 1 is 1.44 bits per heavy atom. The normalized spacial score (nSPS) is 12.8. The first kappa shape index (κ1) is 10.8. The SMILES string of the molecule is Cc1c(F)cccc1-n1cc(C(C)N)nn1. The molecule has 0 saturated heterocycles. The van der Waals surface area contributed by atoms with Gasteiger partial charge in [-0.3, -0.25) is 0 Å². The van der Waals surface area contributed by atoms with Gasteiger partial charge in [-0.1, -0.05) is 11.3 Å². The van der Waals surface area contributed by atoms with Crippen molar-refractivity contribution in [1.29, 1.82) is 0 Å². The van der Waals surface area contributed by atoms with Gasteiger partial charge in [0.2, 0.25) is 0 Å². The fourth-order valence-corrected chi connectivity index (χ4v) is 1.45. The van der Waals surface area contributed by atoms with Crippen LogP contribution in [0.25, 0.3) is 5.69 Å². The van der Waals surface area contributed by atoms with Crippen molar-refractivity contribution >= 4 is 0 Å². The molecule has 1 heterocycles. The maximum absolute atomic E-state index is 13.3. The predicted octanol–water partition coefficient (Wildman–Crippen LogP) is 1.73. The highest BCUT2D eigenvalue weighted by atomic mass is 19.1. The van der Waals surface area contributed by atoms with Gasteiger partial charge < -0.3 is 5.73 Å². The summed E-state index contributed by atoms with van der Waals surface area (Å²) in [5, 5.41) is 7.86. The van der Waals surface area contributed by atoms with E-state index < -0.39 is 0 Å². The highest BCUT2D eigenvalue weighted by Gasteiger charge is 2.09. The Kier molecular flexibility index (Phi) is 2.70. The van der Waals surface area contributed by atoms with Crippen LogP contribution < -0.4 is 5.73 Å². The number of halogens is 1. The van der Waals surface area contributed by atoms with E-state index >= 15 is 0 Å². The molecule has 0 spiro atoms. The third-order valence-corrected chi connectivity index (χ3v) is 2.46. The molecule has 84 valence electrons. The molecule has 1 aromatic carbocycles. The molecular weight excluding hydrogens is 207 g/mol. The Labute approximate surface area is 92.9 Å². The van der Waals surface area contributed by atoms with Crippen molar-refractivity contribution in [3.8, 4) is 5.69 Å². The molecule has 0 bridgehead atoms. The Bertz CT molecular complexity index is 504. The zero-order valence-electron chi connectivity index (χ0n) is 9.18. The van der Waals surface area contributed by atoms with Crippen molar-refractivity contribution in [2.24, 2.45) is 5.73 Å². The summed E-state index contributed by atoms with van der Waals surface area (Å²) >= 11 is 0. The Balaban J connectivity index is 2.47. The zero-order valence-corrected chi connectivity index (χ0v) is 9.18. The van der Waals surface area contributed by atoms with Gasteiger partial charge >= 0.3 is 0 Å². The summed E-state index contributed by atoms with van der Waals surface area (Å²) in [7, 11) is 0. The Morgan fingerprint density at radius 2 is 2.19 bits per heavy atom. The minimum atomic E-state index is -0.254. The molecule has 2 N–H and O–H groups in total. The van der Waals surface area contributed by atoms with Crippen molar-refractivity contribution < 1.29 is 4.39 Å². The van der Waals surface area contributed by atoms with E-state index in [2.05, 4.69) is 10.3 Å². The number of hydrogen-bond acceptors (Lipinski definition) is 3. The summed E-state index contributed by atoms with van der Waals surface area (Å²) in [6.07, 6.45) is 1.71. The maximum atomic E-state index is 13.3. The number of hydrogen-bond donors (Lipinski definition) is 1. The third-order valence-electron chi connectivity index (χ3n) is 2.46. The molecule has 0 amide bonds. The van der Waals surface area contributed by atoms with Gasteiger partial charge in [0.05, 0.1) is 17.6 Å². The lowest BCUT2D eigenvalue weighted by Gasteiger charge is -2.05. The van der Waals surface area contributed by atoms with Crippen molar-refractivity contribution in [1.82, 2.24) is 15.0 Å². The van der Waals surface area contributed by atoms with E-state index in [1.807, 2.05) is 6.92 Å². The largest absolute Gasteiger partial charge is 0.323 e. The molecule has 0 saturated carbocycles. The van der Waals surface area contributed by atoms with Gasteiger partial charge in [-0.2, -0.15) is 0 Å². The van der Waals surface area contributed by atoms with Gasteiger partial charge in [0.15, 0.2) is 0 Å². The average molecular weight is 220 g/mol. The topological polar surface area (TPSA) is 56.7 Å². The molecule has 2 rings (SSSR count). The van der Waals surface area contributed by atoms with Crippen LogP contribution in [0.15, 0.2) is 24.4 Å². The first-order chi connectivity index (χ1) is 7.59. The second-order valence-electron chi connectivity index (χ2n) is 3.76. The first-order valence-electron chi connectivity index (χ1n) is 5.03. The van der Waals surface area contributed by atoms with Crippen LogP contribution in [0.4, 0.5) is 4.39 Å². The minimum absolute atomic E-state index is 0.178. The molecule has 4 nitrogen and oxygen atoms in total. The molecule has 0 aliphatic carbocycles. The van der Waals surface area contributed by atoms with E-state index in [-0.39, 0.29) is 11.9 Å². The highest BCUT2D eigenvalue weighted by molar-refractivity contribution is 5.40. The van der Waals surface area contributed by atoms with Gasteiger partial charge in [0.25, 0.3) is 0 Å². The van der Waals surface area contributed by atoms with Crippen LogP contribution in [0.5, 0.6) is 0 Å². The van der Waals surface area contributed by atoms with E-state index in [9.17, 15) is 4.39 Å². The van der Waals surface area contributed by atoms with Crippen LogP contribution in [-0.2, 0) is 0 Å². The van der Waals surface area contributed by atoms with Crippen molar-refractivity contribution in [2.75, 3.05) is 0 Å². The number of rotatable bonds is 2. The van der Waals surface area contributed by atoms with Gasteiger partial charge in [0.1, 0.15) is 5.82 Å². The lowest BCUT2D eigenvalue weighted by molar-refractivity contribution is 0.614. The van der Waals surface area contributed by atoms with Crippen LogP contribution in [0, 0.1) is 12.7 Å². The van der Waals surface area contributed by atoms with Gasteiger partial charge in [-0.15, -0.1) is 5.10 Å². The van der Waals surface area contributed by atoms with Gasteiger partial charge in [0, 0.05) is 11.6 Å². The van der Waals surface area contributed by atoms with Crippen molar-refractivity contribution in [3.05, 3.63) is 41.5 Å². The quantitative estimate of drug-likeness (QED) is 0.838. The number of benzene rings is 1. The summed E-state index contributed by atoms with van der Waals surface area (Å²) in [6, 6.07) is 4.67. The number of aromatic nitrogens is 3. The van der Waals surface area contributed by atoms with E-state index in [1.54, 1.807) is 25.3 Å². The molecule has 0 aliphatic heterocycles. The Morgan fingerprint density at radius 3 is 2.81 bits per heavy atom. The van der Waals surface area contributed by atoms with Gasteiger partial charge in [-0.25, -0.2) is 9.07 Å². The monoisotopic (exact) mass is 220 g/mol. The van der Waals surface area contributed by atoms with Crippen LogP contribution in [0.1, 0.15) is 24.2 Å². The molecule has 2 aromatic rings. The fraction of sp³-hybridized carbons (Fsp3) is 0.273. The van der Waals surface area contributed by atoms with Gasteiger partial charge in [-0.05, 0) is 26.0 Å². The Hall–Kier alpha value is -1.75. The van der Waals surface area contributed by atoms with E-state index in [0.717, 1.165) is 0 Å². The fourth-order valence-electron chi connectivity index (χ4n) is 1.45. The zero-order chi connectivity index (χ0) is 11.7. The molecular formula is C11H13FN4. The van der Waals surface area contributed by atoms with Crippen molar-refractivity contribution in [2.45, 2.75) is 19.9 Å². The second-order valence-corrected chi connectivity index (χ2v) is 3.76. The third kappa shape index (κ3) is 1.81. The second kappa shape index (κ2) is 4.02. The molecule has 1 unspecified atom stereocenters. The van der Waals surface area contributed by atoms with E-state index in [1.165, 1.54) is 10.7 Å². The number of nitrogens with zero attached hydrogens (tertiary/aromatic N) is 3. The standard InChI is InChI=1S/C11H13FN4/c1-7-9(12)4-3-5-11(7)16-6-10(8(2)13)14-15-16/h3-6,8H,13H2,1-2H3. The molecule has 0 radical (unpaired) electrons. The lowest BCUT2D eigenvalue weighted by Crippen LogP contribution is -2.05.